The van der Waals surface area contributed by atoms with Crippen LogP contribution in [0.2, 0.25) is 0 Å². The van der Waals surface area contributed by atoms with Crippen molar-refractivity contribution in [3.8, 4) is 17.2 Å². The zero-order valence-corrected chi connectivity index (χ0v) is 30.9. The quantitative estimate of drug-likeness (QED) is 0.0682. The average Bonchev–Trinajstić information content (AvgIpc) is 3.62. The maximum Gasteiger partial charge on any atom is 0.274 e. The number of aliphatic hydroxyl groups excluding tert-OH is 1. The Hall–Kier alpha value is -5.74. The van der Waals surface area contributed by atoms with E-state index in [9.17, 15) is 19.5 Å². The van der Waals surface area contributed by atoms with Crippen LogP contribution in [0.5, 0.6) is 5.75 Å². The molecule has 0 unspecified atom stereocenters. The second-order valence-corrected chi connectivity index (χ2v) is 13.1. The number of carbonyl (C=O) groups excluding carboxylic acids is 3. The van der Waals surface area contributed by atoms with E-state index in [1.165, 1.54) is 6.20 Å². The molecule has 5 aromatic rings. The highest BCUT2D eigenvalue weighted by molar-refractivity contribution is 6.03. The van der Waals surface area contributed by atoms with Gasteiger partial charge in [0.15, 0.2) is 5.58 Å². The average molecular weight is 754 g/mol. The number of oxazole rings is 1. The highest BCUT2D eigenvalue weighted by Crippen LogP contribution is 2.26. The van der Waals surface area contributed by atoms with Crippen LogP contribution in [0.25, 0.3) is 22.6 Å². The lowest BCUT2D eigenvalue weighted by Gasteiger charge is -2.24. The molecule has 15 heteroatoms. The zero-order chi connectivity index (χ0) is 39.0. The van der Waals surface area contributed by atoms with Crippen LogP contribution in [0.3, 0.4) is 0 Å². The molecule has 2 aromatic carbocycles. The Kier molecular flexibility index (Phi) is 15.2. The van der Waals surface area contributed by atoms with Crippen molar-refractivity contribution in [3.05, 3.63) is 103 Å². The minimum Gasteiger partial charge on any atom is -0.490 e. The Bertz CT molecular complexity index is 1960. The Morgan fingerprint density at radius 1 is 0.891 bits per heavy atom. The molecule has 0 fully saturated rings. The molecule has 0 aliphatic heterocycles. The summed E-state index contributed by atoms with van der Waals surface area (Å²) in [5.74, 6) is -0.400. The summed E-state index contributed by atoms with van der Waals surface area (Å²) < 4.78 is 22.6. The first-order chi connectivity index (χ1) is 26.7. The zero-order valence-electron chi connectivity index (χ0n) is 30.9. The van der Waals surface area contributed by atoms with Gasteiger partial charge >= 0.3 is 0 Å². The summed E-state index contributed by atoms with van der Waals surface area (Å²) in [7, 11) is 0. The minimum absolute atomic E-state index is 0.118. The van der Waals surface area contributed by atoms with Crippen molar-refractivity contribution >= 4 is 34.5 Å². The van der Waals surface area contributed by atoms with Crippen molar-refractivity contribution in [2.45, 2.75) is 44.9 Å². The number of anilines is 1. The van der Waals surface area contributed by atoms with Gasteiger partial charge in [-0.25, -0.2) is 9.97 Å². The second-order valence-electron chi connectivity index (χ2n) is 13.1. The van der Waals surface area contributed by atoms with Gasteiger partial charge in [-0.3, -0.25) is 19.4 Å². The van der Waals surface area contributed by atoms with E-state index >= 15 is 0 Å². The van der Waals surface area contributed by atoms with Crippen LogP contribution in [0.15, 0.2) is 95.8 Å². The number of benzene rings is 2. The number of ether oxygens (including phenoxy) is 3. The molecule has 3 atom stereocenters. The Labute approximate surface area is 319 Å². The summed E-state index contributed by atoms with van der Waals surface area (Å²) in [5, 5.41) is 18.8. The lowest BCUT2D eigenvalue weighted by atomic mass is 10.00. The van der Waals surface area contributed by atoms with Gasteiger partial charge in [0.2, 0.25) is 11.8 Å². The highest BCUT2D eigenvalue weighted by atomic mass is 16.5. The summed E-state index contributed by atoms with van der Waals surface area (Å²) in [6.07, 6.45) is 4.05. The molecule has 15 nitrogen and oxygen atoms in total. The molecule has 0 aliphatic rings. The number of nitrogens with one attached hydrogen (secondary N) is 3. The van der Waals surface area contributed by atoms with Crippen molar-refractivity contribution in [1.82, 2.24) is 25.6 Å². The molecule has 0 aliphatic carbocycles. The summed E-state index contributed by atoms with van der Waals surface area (Å²) in [6, 6.07) is 19.8. The summed E-state index contributed by atoms with van der Waals surface area (Å²) >= 11 is 0. The molecular weight excluding hydrogens is 706 g/mol. The van der Waals surface area contributed by atoms with Gasteiger partial charge in [0.1, 0.15) is 35.7 Å². The molecule has 5 rings (SSSR count). The number of hydrogen-bond donors (Lipinski definition) is 5. The third-order valence-electron chi connectivity index (χ3n) is 8.27. The Morgan fingerprint density at radius 2 is 1.67 bits per heavy atom. The number of pyridine rings is 2. The van der Waals surface area contributed by atoms with E-state index in [-0.39, 0.29) is 43.2 Å². The maximum atomic E-state index is 12.9. The van der Waals surface area contributed by atoms with Gasteiger partial charge in [0, 0.05) is 30.7 Å². The van der Waals surface area contributed by atoms with Crippen LogP contribution >= 0.6 is 0 Å². The van der Waals surface area contributed by atoms with Gasteiger partial charge in [0.25, 0.3) is 11.8 Å². The predicted octanol–water partition coefficient (Wildman–Crippen LogP) is 3.53. The molecule has 3 amide bonds. The molecule has 6 N–H and O–H groups in total. The SMILES string of the molecule is CC(C)C[C@H](NC(=O)[C@@H](O)[C@H](N)Cc1ccccc1)C(=O)NCCOCCOCCOc1ccc(C(=O)Nc2ccc3oc(-c4cccnc4)nc3c2)nc1. The van der Waals surface area contributed by atoms with Gasteiger partial charge < -0.3 is 45.4 Å². The lowest BCUT2D eigenvalue weighted by molar-refractivity contribution is -0.135. The summed E-state index contributed by atoms with van der Waals surface area (Å²) in [5.41, 5.74) is 9.69. The van der Waals surface area contributed by atoms with Gasteiger partial charge in [-0.1, -0.05) is 44.2 Å². The molecular formula is C40H47N7O8. The van der Waals surface area contributed by atoms with E-state index in [0.717, 1.165) is 11.1 Å². The molecule has 0 bridgehead atoms. The number of rotatable bonds is 21. The monoisotopic (exact) mass is 753 g/mol. The standard InChI is InChI=1S/C40H47N7O8/c1-26(2)21-34(46-39(51)36(48)31(41)22-27-7-4-3-5-8-27)37(49)43-15-16-52-17-18-53-19-20-54-30-11-12-32(44-25-30)38(50)45-29-10-13-35-33(23-29)47-40(55-35)28-9-6-14-42-24-28/h3-14,23-26,31,34,36,48H,15-22,41H2,1-2H3,(H,43,49)(H,45,50)(H,46,51)/t31-,34+,36+/m1/s1. The Morgan fingerprint density at radius 3 is 2.40 bits per heavy atom. The molecule has 0 saturated heterocycles. The first-order valence-corrected chi connectivity index (χ1v) is 18.1. The topological polar surface area (TPSA) is 213 Å². The van der Waals surface area contributed by atoms with Crippen LogP contribution in [-0.4, -0.2) is 95.5 Å². The largest absolute Gasteiger partial charge is 0.490 e. The van der Waals surface area contributed by atoms with Gasteiger partial charge in [0.05, 0.1) is 38.2 Å². The number of amides is 3. The number of nitrogens with zero attached hydrogens (tertiary/aromatic N) is 3. The van der Waals surface area contributed by atoms with E-state index in [4.69, 9.17) is 24.4 Å². The summed E-state index contributed by atoms with van der Waals surface area (Å²) in [4.78, 5) is 51.2. The molecule has 55 heavy (non-hydrogen) atoms. The van der Waals surface area contributed by atoms with E-state index in [2.05, 4.69) is 30.9 Å². The molecule has 0 saturated carbocycles. The third-order valence-corrected chi connectivity index (χ3v) is 8.27. The van der Waals surface area contributed by atoms with Gasteiger partial charge in [-0.05, 0) is 66.8 Å². The van der Waals surface area contributed by atoms with Crippen LogP contribution in [0.1, 0.15) is 36.3 Å². The van der Waals surface area contributed by atoms with Crippen LogP contribution in [0.4, 0.5) is 5.69 Å². The maximum absolute atomic E-state index is 12.9. The molecule has 3 heterocycles. The number of nitrogens with two attached hydrogens (primary N) is 1. The summed E-state index contributed by atoms with van der Waals surface area (Å²) in [6.45, 7) is 5.52. The number of carbonyl (C=O) groups is 3. The fourth-order valence-electron chi connectivity index (χ4n) is 5.48. The number of aliphatic hydroxyl groups is 1. The van der Waals surface area contributed by atoms with E-state index < -0.39 is 24.1 Å². The van der Waals surface area contributed by atoms with Crippen LogP contribution < -0.4 is 26.4 Å². The van der Waals surface area contributed by atoms with Crippen molar-refractivity contribution in [2.24, 2.45) is 11.7 Å². The van der Waals surface area contributed by atoms with Crippen LogP contribution in [0, 0.1) is 5.92 Å². The minimum atomic E-state index is -1.46. The molecule has 290 valence electrons. The second kappa shape index (κ2) is 20.6. The smallest absolute Gasteiger partial charge is 0.274 e. The van der Waals surface area contributed by atoms with E-state index in [1.807, 2.05) is 50.2 Å². The first kappa shape index (κ1) is 40.4. The van der Waals surface area contributed by atoms with Gasteiger partial charge in [-0.2, -0.15) is 0 Å². The van der Waals surface area contributed by atoms with Crippen molar-refractivity contribution in [2.75, 3.05) is 44.9 Å². The van der Waals surface area contributed by atoms with Gasteiger partial charge in [-0.15, -0.1) is 0 Å². The molecule has 0 radical (unpaired) electrons. The predicted molar refractivity (Wildman–Crippen MR) is 205 cm³/mol. The number of aromatic nitrogens is 3. The molecule has 0 spiro atoms. The Balaban J connectivity index is 0.930. The lowest BCUT2D eigenvalue weighted by Crippen LogP contribution is -2.54. The fourth-order valence-corrected chi connectivity index (χ4v) is 5.48. The normalized spacial score (nSPS) is 12.9. The van der Waals surface area contributed by atoms with E-state index in [0.29, 0.717) is 61.1 Å². The van der Waals surface area contributed by atoms with Crippen LogP contribution in [-0.2, 0) is 25.5 Å². The third kappa shape index (κ3) is 12.7. The number of fused-ring (bicyclic) bond motifs is 1. The van der Waals surface area contributed by atoms with Crippen molar-refractivity contribution < 1.29 is 38.1 Å². The highest BCUT2D eigenvalue weighted by Gasteiger charge is 2.28. The van der Waals surface area contributed by atoms with Crippen molar-refractivity contribution in [3.63, 3.8) is 0 Å². The van der Waals surface area contributed by atoms with E-state index in [1.54, 1.807) is 48.8 Å². The first-order valence-electron chi connectivity index (χ1n) is 18.1. The number of hydrogen-bond acceptors (Lipinski definition) is 12. The molecule has 3 aromatic heterocycles. The fraction of sp³-hybridized carbons (Fsp3) is 0.350. The van der Waals surface area contributed by atoms with Crippen molar-refractivity contribution in [1.29, 1.82) is 0 Å².